The van der Waals surface area contributed by atoms with Crippen LogP contribution in [0.15, 0.2) is 0 Å². The molecule has 0 amide bonds. The molecule has 0 unspecified atom stereocenters. The van der Waals surface area contributed by atoms with Crippen LogP contribution in [0.1, 0.15) is 0 Å². The average Bonchev–Trinajstić information content (AvgIpc) is 0.918. The monoisotopic (exact) mass is 251 g/mol. The molecule has 1 nitrogen and oxygen atoms in total. The quantitative estimate of drug-likeness (QED) is 0.272. The van der Waals surface area contributed by atoms with Crippen LogP contribution in [0.25, 0.3) is 0 Å². The zero-order valence-corrected chi connectivity index (χ0v) is 5.03. The van der Waals surface area contributed by atoms with Crippen LogP contribution in [0.2, 0.25) is 0 Å². The molecule has 5 heteroatoms. The van der Waals surface area contributed by atoms with E-state index in [1.165, 1.54) is 5.40 Å². The Morgan fingerprint density at radius 2 is 1.50 bits per heavy atom. The summed E-state index contributed by atoms with van der Waals surface area (Å²) in [5.41, 5.74) is 0. The Morgan fingerprint density at radius 1 is 1.50 bits per heavy atom. The van der Waals surface area contributed by atoms with E-state index in [0.717, 1.165) is 0 Å². The molecule has 0 bridgehead atoms. The third-order valence-electron chi connectivity index (χ3n) is 0. The van der Waals surface area contributed by atoms with Crippen LogP contribution in [-0.4, -0.2) is 80.9 Å². The Balaban J connectivity index is -0.00000000667. The predicted octanol–water partition coefficient (Wildman–Crippen LogP) is -0.282. The average molecular weight is 251 g/mol. The molecule has 0 heterocycles. The fourth-order valence-corrected chi connectivity index (χ4v) is 0. The van der Waals surface area contributed by atoms with E-state index in [9.17, 15) is 0 Å². The van der Waals surface area contributed by atoms with E-state index >= 15 is 0 Å². The van der Waals surface area contributed by atoms with E-state index in [1.807, 2.05) is 0 Å². The van der Waals surface area contributed by atoms with Gasteiger partial charge in [0.1, 0.15) is 5.40 Å². The minimum absolute atomic E-state index is 0. The predicted molar refractivity (Wildman–Crippen MR) is 44.3 cm³/mol. The van der Waals surface area contributed by atoms with Crippen molar-refractivity contribution in [1.29, 1.82) is 5.26 Å². The number of thiol groups is 1. The van der Waals surface area contributed by atoms with Gasteiger partial charge >= 0.3 is 80.9 Å². The molecule has 0 aliphatic carbocycles. The summed E-state index contributed by atoms with van der Waals surface area (Å²) in [6, 6.07) is 0. The molecule has 0 aliphatic heterocycles. The number of hydrogen-bond donors (Lipinski definition) is 1. The number of hydrogen-bond acceptors (Lipinski definition) is 2. The molecule has 0 aliphatic rings. The van der Waals surface area contributed by atoms with E-state index in [-0.39, 0.29) is 105 Å². The molecule has 0 rings (SSSR count). The zero-order valence-electron chi connectivity index (χ0n) is 1.80. The van der Waals surface area contributed by atoms with Gasteiger partial charge in [0.25, 0.3) is 0 Å². The molecule has 0 aromatic carbocycles. The van der Waals surface area contributed by atoms with Gasteiger partial charge in [-0.3, -0.25) is 0 Å². The summed E-state index contributed by atoms with van der Waals surface area (Å²) < 4.78 is 0. The summed E-state index contributed by atoms with van der Waals surface area (Å²) in [6.45, 7) is 0. The van der Waals surface area contributed by atoms with E-state index in [0.29, 0.717) is 0 Å². The van der Waals surface area contributed by atoms with Gasteiger partial charge in [-0.25, -0.2) is 0 Å². The summed E-state index contributed by atoms with van der Waals surface area (Å²) in [6.07, 6.45) is 0. The fourth-order valence-electron chi connectivity index (χ4n) is 0. The second kappa shape index (κ2) is 24.1. The fraction of sp³-hybridized carbons (Fsp3) is 0. The zero-order chi connectivity index (χ0) is 2.71. The van der Waals surface area contributed by atoms with Crippen molar-refractivity contribution in [3.05, 3.63) is 0 Å². The number of thiocyanates is 1. The second-order valence-corrected chi connectivity index (χ2v) is 0.300. The Labute approximate surface area is 125 Å². The number of rotatable bonds is 0. The maximum atomic E-state index is 7.18. The molecule has 0 atom stereocenters. The van der Waals surface area contributed by atoms with Gasteiger partial charge in [-0.1, -0.05) is 12.6 Å². The van der Waals surface area contributed by atoms with E-state index in [1.54, 1.807) is 0 Å². The Hall–Kier alpha value is 3.21. The molecule has 0 N–H and O–H groups in total. The summed E-state index contributed by atoms with van der Waals surface area (Å²) in [7, 11) is 0. The van der Waals surface area contributed by atoms with Gasteiger partial charge in [0.2, 0.25) is 0 Å². The van der Waals surface area contributed by atoms with Crippen LogP contribution in [0, 0.1) is 10.7 Å². The Morgan fingerprint density at radius 3 is 1.50 bits per heavy atom. The maximum absolute atomic E-state index is 7.18. The number of halogens is 1. The summed E-state index contributed by atoms with van der Waals surface area (Å²) in [4.78, 5) is 0. The van der Waals surface area contributed by atoms with Crippen LogP contribution in [0.5, 0.6) is 0 Å². The molecule has 0 radical (unpaired) electrons. The van der Waals surface area contributed by atoms with E-state index < -0.39 is 0 Å². The second-order valence-electron chi connectivity index (χ2n) is 0.100. The molecular weight excluding hydrogens is 247 g/mol. The van der Waals surface area contributed by atoms with Crippen LogP contribution >= 0.6 is 36.6 Å². The van der Waals surface area contributed by atoms with Gasteiger partial charge < -0.3 is 0 Å². The summed E-state index contributed by atoms with van der Waals surface area (Å²) in [5, 5.41) is 8.63. The Kier molecular flexibility index (Phi) is 91.8. The standard InChI is InChI=1S/CHNS.HI.K.Na.2H/c2-1-3;;;;;/h3H;1H;;;;. The molecule has 0 aromatic rings. The first kappa shape index (κ1) is 22.9. The molecule has 0 spiro atoms. The summed E-state index contributed by atoms with van der Waals surface area (Å²) in [5.74, 6) is 0. The van der Waals surface area contributed by atoms with E-state index in [4.69, 9.17) is 5.26 Å². The van der Waals surface area contributed by atoms with Crippen molar-refractivity contribution in [3.63, 3.8) is 0 Å². The van der Waals surface area contributed by atoms with Gasteiger partial charge in [0.15, 0.2) is 0 Å². The van der Waals surface area contributed by atoms with Gasteiger partial charge in [-0.05, 0) is 0 Å². The van der Waals surface area contributed by atoms with Crippen LogP contribution in [0.3, 0.4) is 0 Å². The molecule has 0 fully saturated rings. The van der Waals surface area contributed by atoms with Gasteiger partial charge in [-0.15, -0.1) is 24.0 Å². The number of nitrogens with zero attached hydrogens (tertiary/aromatic N) is 1. The molecular formula is CH4IKNNaS. The molecule has 0 saturated carbocycles. The van der Waals surface area contributed by atoms with Crippen LogP contribution in [0.4, 0.5) is 0 Å². The van der Waals surface area contributed by atoms with Crippen LogP contribution < -0.4 is 0 Å². The first-order valence-corrected chi connectivity index (χ1v) is 0.894. The topological polar surface area (TPSA) is 23.8 Å². The third kappa shape index (κ3) is 27.0. The SMILES string of the molecule is I.N#CS.[KH].[NaH]. The van der Waals surface area contributed by atoms with Crippen molar-refractivity contribution in [2.45, 2.75) is 0 Å². The molecule has 0 saturated heterocycles. The number of nitriles is 1. The van der Waals surface area contributed by atoms with Crippen molar-refractivity contribution in [3.8, 4) is 5.40 Å². The van der Waals surface area contributed by atoms with Crippen LogP contribution in [-0.2, 0) is 0 Å². The van der Waals surface area contributed by atoms with Crippen molar-refractivity contribution in [2.24, 2.45) is 0 Å². The third-order valence-corrected chi connectivity index (χ3v) is 0. The molecule has 0 aromatic heterocycles. The van der Waals surface area contributed by atoms with Gasteiger partial charge in [0, 0.05) is 0 Å². The van der Waals surface area contributed by atoms with Crippen molar-refractivity contribution >= 4 is 118 Å². The normalized spacial score (nSPS) is 1.33. The van der Waals surface area contributed by atoms with E-state index in [2.05, 4.69) is 12.6 Å². The first-order chi connectivity index (χ1) is 1.41. The van der Waals surface area contributed by atoms with Crippen molar-refractivity contribution in [2.75, 3.05) is 0 Å². The summed E-state index contributed by atoms with van der Waals surface area (Å²) >= 11 is 3.09. The van der Waals surface area contributed by atoms with Crippen molar-refractivity contribution < 1.29 is 0 Å². The molecule has 6 heavy (non-hydrogen) atoms. The van der Waals surface area contributed by atoms with Crippen molar-refractivity contribution in [1.82, 2.24) is 0 Å². The Bertz CT molecular complexity index is 37.0. The van der Waals surface area contributed by atoms with Gasteiger partial charge in [-0.2, -0.15) is 5.26 Å². The first-order valence-electron chi connectivity index (χ1n) is 0.447. The minimum atomic E-state index is 0. The van der Waals surface area contributed by atoms with Gasteiger partial charge in [0.05, 0.1) is 0 Å². The molecule has 28 valence electrons.